The highest BCUT2D eigenvalue weighted by Crippen LogP contribution is 2.31. The average molecular weight is 317 g/mol. The molecule has 1 heterocycles. The van der Waals surface area contributed by atoms with Crippen molar-refractivity contribution in [1.29, 1.82) is 0 Å². The van der Waals surface area contributed by atoms with Gasteiger partial charge >= 0.3 is 0 Å². The van der Waals surface area contributed by atoms with E-state index in [9.17, 15) is 0 Å². The Bertz CT molecular complexity index is 527. The fourth-order valence-electron chi connectivity index (χ4n) is 1.54. The van der Waals surface area contributed by atoms with Gasteiger partial charge in [0, 0.05) is 5.02 Å². The molecule has 2 rings (SSSR count). The summed E-state index contributed by atoms with van der Waals surface area (Å²) in [5.41, 5.74) is 6.88. The zero-order valence-electron chi connectivity index (χ0n) is 9.11. The van der Waals surface area contributed by atoms with E-state index in [0.29, 0.717) is 21.2 Å². The van der Waals surface area contributed by atoms with Crippen LogP contribution in [0.15, 0.2) is 39.4 Å². The molecule has 2 aromatic rings. The molecular formula is C12H11BrClNO2. The molecule has 3 nitrogen and oxygen atoms in total. The molecule has 5 heteroatoms. The number of methoxy groups -OCH3 is 1. The maximum atomic E-state index is 6.15. The lowest BCUT2D eigenvalue weighted by molar-refractivity contribution is 0.414. The lowest BCUT2D eigenvalue weighted by Crippen LogP contribution is -2.11. The Morgan fingerprint density at radius 2 is 2.12 bits per heavy atom. The minimum Gasteiger partial charge on any atom is -0.497 e. The summed E-state index contributed by atoms with van der Waals surface area (Å²) in [6.07, 6.45) is 0. The Balaban J connectivity index is 2.34. The van der Waals surface area contributed by atoms with E-state index < -0.39 is 0 Å². The van der Waals surface area contributed by atoms with Crippen LogP contribution in [-0.2, 0) is 0 Å². The second-order valence-corrected chi connectivity index (χ2v) is 4.70. The Kier molecular flexibility index (Phi) is 3.76. The molecule has 1 unspecified atom stereocenters. The van der Waals surface area contributed by atoms with Crippen LogP contribution in [0.4, 0.5) is 0 Å². The summed E-state index contributed by atoms with van der Waals surface area (Å²) in [6.45, 7) is 0. The molecule has 2 N–H and O–H groups in total. The van der Waals surface area contributed by atoms with Crippen molar-refractivity contribution >= 4 is 27.5 Å². The highest BCUT2D eigenvalue weighted by molar-refractivity contribution is 9.10. The number of halogens is 2. The van der Waals surface area contributed by atoms with Crippen LogP contribution in [0.5, 0.6) is 5.75 Å². The maximum absolute atomic E-state index is 6.15. The van der Waals surface area contributed by atoms with Crippen molar-refractivity contribution in [1.82, 2.24) is 0 Å². The van der Waals surface area contributed by atoms with Gasteiger partial charge in [-0.05, 0) is 45.8 Å². The van der Waals surface area contributed by atoms with Crippen LogP contribution in [0.25, 0.3) is 0 Å². The van der Waals surface area contributed by atoms with Crippen LogP contribution in [-0.4, -0.2) is 7.11 Å². The van der Waals surface area contributed by atoms with Gasteiger partial charge in [-0.3, -0.25) is 0 Å². The molecule has 0 saturated carbocycles. The van der Waals surface area contributed by atoms with Crippen molar-refractivity contribution in [3.05, 3.63) is 51.3 Å². The van der Waals surface area contributed by atoms with Gasteiger partial charge in [0.15, 0.2) is 4.67 Å². The Labute approximate surface area is 113 Å². The first-order chi connectivity index (χ1) is 8.11. The molecule has 0 radical (unpaired) electrons. The zero-order chi connectivity index (χ0) is 12.4. The van der Waals surface area contributed by atoms with Crippen LogP contribution in [0.3, 0.4) is 0 Å². The van der Waals surface area contributed by atoms with Crippen molar-refractivity contribution in [3.8, 4) is 5.75 Å². The normalized spacial score (nSPS) is 12.5. The van der Waals surface area contributed by atoms with Gasteiger partial charge in [-0.15, -0.1) is 0 Å². The molecule has 0 aliphatic rings. The van der Waals surface area contributed by atoms with Crippen molar-refractivity contribution < 1.29 is 9.15 Å². The third-order valence-electron chi connectivity index (χ3n) is 2.44. The van der Waals surface area contributed by atoms with Gasteiger partial charge in [0.05, 0.1) is 13.2 Å². The topological polar surface area (TPSA) is 48.4 Å². The molecule has 1 atom stereocenters. The molecule has 0 fully saturated rings. The first-order valence-corrected chi connectivity index (χ1v) is 6.13. The fraction of sp³-hybridized carbons (Fsp3) is 0.167. The highest BCUT2D eigenvalue weighted by atomic mass is 79.9. The molecule has 90 valence electrons. The molecule has 1 aromatic heterocycles. The number of nitrogens with two attached hydrogens (primary N) is 1. The highest BCUT2D eigenvalue weighted by Gasteiger charge is 2.16. The van der Waals surface area contributed by atoms with Crippen LogP contribution >= 0.6 is 27.5 Å². The second-order valence-electron chi connectivity index (χ2n) is 3.51. The quantitative estimate of drug-likeness (QED) is 0.938. The monoisotopic (exact) mass is 315 g/mol. The molecular weight excluding hydrogens is 305 g/mol. The van der Waals surface area contributed by atoms with Gasteiger partial charge in [0.25, 0.3) is 0 Å². The molecule has 17 heavy (non-hydrogen) atoms. The van der Waals surface area contributed by atoms with E-state index in [2.05, 4.69) is 15.9 Å². The van der Waals surface area contributed by atoms with E-state index in [1.54, 1.807) is 19.2 Å². The third kappa shape index (κ3) is 2.65. The SMILES string of the molecule is COc1ccc(C(N)c2ccc(Br)o2)c(Cl)c1. The van der Waals surface area contributed by atoms with Crippen LogP contribution in [0.1, 0.15) is 17.4 Å². The van der Waals surface area contributed by atoms with Crippen molar-refractivity contribution in [2.75, 3.05) is 7.11 Å². The van der Waals surface area contributed by atoms with Crippen molar-refractivity contribution in [3.63, 3.8) is 0 Å². The van der Waals surface area contributed by atoms with E-state index in [4.69, 9.17) is 26.5 Å². The Morgan fingerprint density at radius 3 is 2.65 bits per heavy atom. The Hall–Kier alpha value is -0.970. The molecule has 1 aromatic carbocycles. The van der Waals surface area contributed by atoms with Gasteiger partial charge in [0.2, 0.25) is 0 Å². The lowest BCUT2D eigenvalue weighted by atomic mass is 10.1. The van der Waals surface area contributed by atoms with Gasteiger partial charge in [-0.2, -0.15) is 0 Å². The molecule has 0 aliphatic carbocycles. The number of hydrogen-bond donors (Lipinski definition) is 1. The largest absolute Gasteiger partial charge is 0.497 e. The molecule has 0 spiro atoms. The summed E-state index contributed by atoms with van der Waals surface area (Å²) in [7, 11) is 1.59. The summed E-state index contributed by atoms with van der Waals surface area (Å²) < 4.78 is 11.1. The van der Waals surface area contributed by atoms with Gasteiger partial charge in [0.1, 0.15) is 11.5 Å². The number of furan rings is 1. The molecule has 0 amide bonds. The minimum absolute atomic E-state index is 0.389. The number of hydrogen-bond acceptors (Lipinski definition) is 3. The standard InChI is InChI=1S/C12H11BrClNO2/c1-16-7-2-3-8(9(14)6-7)12(15)10-4-5-11(13)17-10/h2-6,12H,15H2,1H3. The summed E-state index contributed by atoms with van der Waals surface area (Å²) in [5, 5.41) is 0.560. The van der Waals surface area contributed by atoms with E-state index in [1.807, 2.05) is 18.2 Å². The van der Waals surface area contributed by atoms with E-state index in [-0.39, 0.29) is 6.04 Å². The smallest absolute Gasteiger partial charge is 0.169 e. The maximum Gasteiger partial charge on any atom is 0.169 e. The molecule has 0 bridgehead atoms. The van der Waals surface area contributed by atoms with Gasteiger partial charge in [-0.1, -0.05) is 17.7 Å². The van der Waals surface area contributed by atoms with E-state index >= 15 is 0 Å². The third-order valence-corrected chi connectivity index (χ3v) is 3.20. The predicted molar refractivity (Wildman–Crippen MR) is 70.4 cm³/mol. The predicted octanol–water partition coefficient (Wildman–Crippen LogP) is 3.75. The average Bonchev–Trinajstić information content (AvgIpc) is 2.75. The van der Waals surface area contributed by atoms with E-state index in [1.165, 1.54) is 0 Å². The second kappa shape index (κ2) is 5.12. The Morgan fingerprint density at radius 1 is 1.35 bits per heavy atom. The molecule has 0 aliphatic heterocycles. The van der Waals surface area contributed by atoms with E-state index in [0.717, 1.165) is 5.56 Å². The van der Waals surface area contributed by atoms with Gasteiger partial charge in [-0.25, -0.2) is 0 Å². The van der Waals surface area contributed by atoms with Crippen molar-refractivity contribution in [2.24, 2.45) is 5.73 Å². The summed E-state index contributed by atoms with van der Waals surface area (Å²) >= 11 is 9.39. The number of rotatable bonds is 3. The fourth-order valence-corrected chi connectivity index (χ4v) is 2.14. The lowest BCUT2D eigenvalue weighted by Gasteiger charge is -2.12. The summed E-state index contributed by atoms with van der Waals surface area (Å²) in [4.78, 5) is 0. The minimum atomic E-state index is -0.389. The summed E-state index contributed by atoms with van der Waals surface area (Å²) in [5.74, 6) is 1.36. The van der Waals surface area contributed by atoms with Crippen molar-refractivity contribution in [2.45, 2.75) is 6.04 Å². The summed E-state index contributed by atoms with van der Waals surface area (Å²) in [6, 6.07) is 8.61. The number of ether oxygens (including phenoxy) is 1. The first kappa shape index (κ1) is 12.5. The number of benzene rings is 1. The first-order valence-electron chi connectivity index (χ1n) is 4.96. The van der Waals surface area contributed by atoms with Crippen LogP contribution in [0.2, 0.25) is 5.02 Å². The zero-order valence-corrected chi connectivity index (χ0v) is 11.5. The van der Waals surface area contributed by atoms with Crippen LogP contribution < -0.4 is 10.5 Å². The van der Waals surface area contributed by atoms with Gasteiger partial charge < -0.3 is 14.9 Å². The molecule has 0 saturated heterocycles. The van der Waals surface area contributed by atoms with Crippen LogP contribution in [0, 0.1) is 0 Å².